The SMILES string of the molecule is CNc1nc(C2CSC(C)C(C)S2)nc(C(C)C)c1Br. The van der Waals surface area contributed by atoms with Gasteiger partial charge in [0.1, 0.15) is 11.6 Å². The largest absolute Gasteiger partial charge is 0.372 e. The second kappa shape index (κ2) is 6.88. The summed E-state index contributed by atoms with van der Waals surface area (Å²) >= 11 is 7.65. The summed E-state index contributed by atoms with van der Waals surface area (Å²) < 4.78 is 0.994. The van der Waals surface area contributed by atoms with Crippen LogP contribution in [0, 0.1) is 0 Å². The number of rotatable bonds is 3. The number of nitrogens with one attached hydrogen (secondary N) is 1. The highest BCUT2D eigenvalue weighted by atomic mass is 79.9. The quantitative estimate of drug-likeness (QED) is 0.828. The number of anilines is 1. The average Bonchev–Trinajstić information content (AvgIpc) is 2.42. The van der Waals surface area contributed by atoms with Crippen molar-refractivity contribution in [1.82, 2.24) is 9.97 Å². The zero-order valence-corrected chi connectivity index (χ0v) is 15.8. The van der Waals surface area contributed by atoms with Crippen LogP contribution in [-0.4, -0.2) is 33.3 Å². The predicted molar refractivity (Wildman–Crippen MR) is 95.1 cm³/mol. The molecule has 0 bridgehead atoms. The first-order chi connectivity index (χ1) is 9.43. The highest BCUT2D eigenvalue weighted by Crippen LogP contribution is 2.44. The normalized spacial score (nSPS) is 26.9. The first-order valence-electron chi connectivity index (χ1n) is 6.96. The third kappa shape index (κ3) is 3.45. The molecule has 0 aromatic carbocycles. The summed E-state index contributed by atoms with van der Waals surface area (Å²) in [4.78, 5) is 9.55. The van der Waals surface area contributed by atoms with Crippen LogP contribution < -0.4 is 5.32 Å². The number of halogens is 1. The van der Waals surface area contributed by atoms with E-state index in [0.29, 0.717) is 21.7 Å². The molecule has 2 heterocycles. The standard InChI is InChI=1S/C14H22BrN3S2/c1-7(2)12-11(15)14(16-5)18-13(17-12)10-6-19-8(3)9(4)20-10/h7-10H,6H2,1-5H3,(H,16,17,18). The Morgan fingerprint density at radius 2 is 1.95 bits per heavy atom. The van der Waals surface area contributed by atoms with E-state index < -0.39 is 0 Å². The second-order valence-corrected chi connectivity index (χ2v) is 9.19. The highest BCUT2D eigenvalue weighted by Gasteiger charge is 2.29. The van der Waals surface area contributed by atoms with E-state index in [1.54, 1.807) is 0 Å². The molecule has 0 aliphatic carbocycles. The van der Waals surface area contributed by atoms with Crippen molar-refractivity contribution in [3.05, 3.63) is 16.0 Å². The summed E-state index contributed by atoms with van der Waals surface area (Å²) in [6.07, 6.45) is 0. The van der Waals surface area contributed by atoms with Crippen LogP contribution in [0.1, 0.15) is 50.4 Å². The molecule has 1 fully saturated rings. The van der Waals surface area contributed by atoms with Gasteiger partial charge in [-0.3, -0.25) is 0 Å². The van der Waals surface area contributed by atoms with E-state index in [1.165, 1.54) is 0 Å². The van der Waals surface area contributed by atoms with Crippen LogP contribution in [0.3, 0.4) is 0 Å². The highest BCUT2D eigenvalue weighted by molar-refractivity contribution is 9.10. The lowest BCUT2D eigenvalue weighted by Crippen LogP contribution is -2.23. The van der Waals surface area contributed by atoms with Gasteiger partial charge < -0.3 is 5.32 Å². The summed E-state index contributed by atoms with van der Waals surface area (Å²) in [6, 6.07) is 0. The van der Waals surface area contributed by atoms with Crippen molar-refractivity contribution in [3.63, 3.8) is 0 Å². The molecule has 0 saturated carbocycles. The van der Waals surface area contributed by atoms with Crippen LogP contribution in [0.15, 0.2) is 4.47 Å². The van der Waals surface area contributed by atoms with E-state index in [4.69, 9.17) is 9.97 Å². The van der Waals surface area contributed by atoms with Crippen LogP contribution in [0.5, 0.6) is 0 Å². The van der Waals surface area contributed by atoms with E-state index in [1.807, 2.05) is 30.6 Å². The van der Waals surface area contributed by atoms with Crippen molar-refractivity contribution >= 4 is 45.3 Å². The minimum Gasteiger partial charge on any atom is -0.372 e. The van der Waals surface area contributed by atoms with Crippen LogP contribution in [-0.2, 0) is 0 Å². The zero-order valence-electron chi connectivity index (χ0n) is 12.6. The lowest BCUT2D eigenvalue weighted by molar-refractivity contribution is 0.773. The van der Waals surface area contributed by atoms with Crippen molar-refractivity contribution in [2.75, 3.05) is 18.1 Å². The Hall–Kier alpha value is 0.0600. The fraction of sp³-hybridized carbons (Fsp3) is 0.714. The summed E-state index contributed by atoms with van der Waals surface area (Å²) in [7, 11) is 1.91. The van der Waals surface area contributed by atoms with Crippen molar-refractivity contribution in [2.24, 2.45) is 0 Å². The minimum atomic E-state index is 0.385. The molecular formula is C14H22BrN3S2. The van der Waals surface area contributed by atoms with E-state index in [2.05, 4.69) is 48.9 Å². The van der Waals surface area contributed by atoms with E-state index in [0.717, 1.165) is 27.6 Å². The molecule has 1 N–H and O–H groups in total. The van der Waals surface area contributed by atoms with Gasteiger partial charge in [0.25, 0.3) is 0 Å². The molecule has 6 heteroatoms. The Labute approximate surface area is 138 Å². The number of nitrogens with zero attached hydrogens (tertiary/aromatic N) is 2. The molecule has 112 valence electrons. The van der Waals surface area contributed by atoms with E-state index >= 15 is 0 Å². The van der Waals surface area contributed by atoms with Crippen LogP contribution >= 0.6 is 39.5 Å². The van der Waals surface area contributed by atoms with Gasteiger partial charge >= 0.3 is 0 Å². The van der Waals surface area contributed by atoms with Gasteiger partial charge in [0.2, 0.25) is 0 Å². The van der Waals surface area contributed by atoms with Crippen LogP contribution in [0.2, 0.25) is 0 Å². The second-order valence-electron chi connectivity index (χ2n) is 5.40. The third-order valence-corrected chi connectivity index (χ3v) is 7.68. The van der Waals surface area contributed by atoms with Gasteiger partial charge in [-0.2, -0.15) is 11.8 Å². The third-order valence-electron chi connectivity index (χ3n) is 3.52. The lowest BCUT2D eigenvalue weighted by atomic mass is 10.1. The molecule has 3 nitrogen and oxygen atoms in total. The van der Waals surface area contributed by atoms with E-state index in [9.17, 15) is 0 Å². The van der Waals surface area contributed by atoms with Crippen molar-refractivity contribution in [1.29, 1.82) is 0 Å². The minimum absolute atomic E-state index is 0.385. The molecule has 1 saturated heterocycles. The first-order valence-corrected chi connectivity index (χ1v) is 9.74. The van der Waals surface area contributed by atoms with Gasteiger partial charge in [0.05, 0.1) is 15.4 Å². The van der Waals surface area contributed by atoms with Gasteiger partial charge in [-0.1, -0.05) is 27.7 Å². The Kier molecular flexibility index (Phi) is 5.65. The number of hydrogen-bond donors (Lipinski definition) is 1. The Morgan fingerprint density at radius 1 is 1.25 bits per heavy atom. The molecule has 0 radical (unpaired) electrons. The van der Waals surface area contributed by atoms with Crippen molar-refractivity contribution in [3.8, 4) is 0 Å². The topological polar surface area (TPSA) is 37.8 Å². The molecule has 3 unspecified atom stereocenters. The Morgan fingerprint density at radius 3 is 2.50 bits per heavy atom. The predicted octanol–water partition coefficient (Wildman–Crippen LogP) is 4.70. The van der Waals surface area contributed by atoms with E-state index in [-0.39, 0.29) is 0 Å². The Balaban J connectivity index is 2.34. The van der Waals surface area contributed by atoms with Gasteiger partial charge in [-0.05, 0) is 21.8 Å². The Bertz CT molecular complexity index is 482. The molecule has 0 amide bonds. The lowest BCUT2D eigenvalue weighted by Gasteiger charge is -2.30. The number of aromatic nitrogens is 2. The molecule has 0 spiro atoms. The summed E-state index contributed by atoms with van der Waals surface area (Å²) in [5.41, 5.74) is 1.09. The van der Waals surface area contributed by atoms with Gasteiger partial charge in [0, 0.05) is 23.3 Å². The van der Waals surface area contributed by atoms with Gasteiger partial charge in [-0.25, -0.2) is 9.97 Å². The molecule has 3 atom stereocenters. The van der Waals surface area contributed by atoms with Crippen molar-refractivity contribution in [2.45, 2.75) is 49.4 Å². The van der Waals surface area contributed by atoms with Gasteiger partial charge in [0.15, 0.2) is 0 Å². The molecule has 1 aromatic heterocycles. The molecular weight excluding hydrogens is 354 g/mol. The zero-order chi connectivity index (χ0) is 14.9. The summed E-state index contributed by atoms with van der Waals surface area (Å²) in [6.45, 7) is 8.95. The first kappa shape index (κ1) is 16.4. The number of thioether (sulfide) groups is 2. The summed E-state index contributed by atoms with van der Waals surface area (Å²) in [5.74, 6) is 3.35. The maximum atomic E-state index is 4.83. The molecule has 1 aromatic rings. The maximum Gasteiger partial charge on any atom is 0.144 e. The fourth-order valence-corrected chi connectivity index (χ4v) is 5.77. The fourth-order valence-electron chi connectivity index (χ4n) is 2.09. The van der Waals surface area contributed by atoms with Crippen LogP contribution in [0.25, 0.3) is 0 Å². The summed E-state index contributed by atoms with van der Waals surface area (Å²) in [5, 5.41) is 4.92. The monoisotopic (exact) mass is 375 g/mol. The molecule has 2 rings (SSSR count). The molecule has 1 aliphatic heterocycles. The molecule has 20 heavy (non-hydrogen) atoms. The average molecular weight is 376 g/mol. The van der Waals surface area contributed by atoms with Crippen LogP contribution in [0.4, 0.5) is 5.82 Å². The molecule has 1 aliphatic rings. The maximum absolute atomic E-state index is 4.83. The van der Waals surface area contributed by atoms with Gasteiger partial charge in [-0.15, -0.1) is 11.8 Å². The number of hydrogen-bond acceptors (Lipinski definition) is 5. The smallest absolute Gasteiger partial charge is 0.144 e. The van der Waals surface area contributed by atoms with Crippen molar-refractivity contribution < 1.29 is 0 Å².